The number of rotatable bonds is 4. The van der Waals surface area contributed by atoms with E-state index >= 15 is 0 Å². The smallest absolute Gasteiger partial charge is 0.256 e. The van der Waals surface area contributed by atoms with Gasteiger partial charge in [-0.2, -0.15) is 0 Å². The van der Waals surface area contributed by atoms with Crippen LogP contribution in [0.15, 0.2) is 12.3 Å². The maximum Gasteiger partial charge on any atom is 0.256 e. The topological polar surface area (TPSA) is 54.0 Å². The molecule has 0 aromatic carbocycles. The second-order valence-corrected chi connectivity index (χ2v) is 5.98. The number of nitrogens with zero attached hydrogens (tertiary/aromatic N) is 1. The zero-order chi connectivity index (χ0) is 14.8. The van der Waals surface area contributed by atoms with Crippen molar-refractivity contribution in [3.05, 3.63) is 22.8 Å². The molecule has 1 aromatic rings. The van der Waals surface area contributed by atoms with Gasteiger partial charge in [-0.1, -0.05) is 17.5 Å². The maximum atomic E-state index is 12.3. The molecule has 106 valence electrons. The Labute approximate surface area is 124 Å². The molecule has 0 bridgehead atoms. The SMILES string of the molecule is C#CC(C)(C)NC(=O)c1cc(Cl)cnc1NC1CCC1. The molecule has 2 rings (SSSR count). The molecule has 2 N–H and O–H groups in total. The number of carbonyl (C=O) groups is 1. The van der Waals surface area contributed by atoms with Gasteiger partial charge in [-0.05, 0) is 39.2 Å². The molecule has 1 aliphatic carbocycles. The number of halogens is 1. The average Bonchev–Trinajstić information content (AvgIpc) is 2.34. The van der Waals surface area contributed by atoms with Gasteiger partial charge in [-0.25, -0.2) is 4.98 Å². The number of amides is 1. The first kappa shape index (κ1) is 14.7. The summed E-state index contributed by atoms with van der Waals surface area (Å²) in [5, 5.41) is 6.49. The van der Waals surface area contributed by atoms with Crippen LogP contribution in [0, 0.1) is 12.3 Å². The summed E-state index contributed by atoms with van der Waals surface area (Å²) < 4.78 is 0. The van der Waals surface area contributed by atoms with Crippen LogP contribution in [0.5, 0.6) is 0 Å². The van der Waals surface area contributed by atoms with Gasteiger partial charge in [0.2, 0.25) is 0 Å². The van der Waals surface area contributed by atoms with Crippen molar-refractivity contribution in [2.24, 2.45) is 0 Å². The molecule has 20 heavy (non-hydrogen) atoms. The van der Waals surface area contributed by atoms with Crippen molar-refractivity contribution in [3.63, 3.8) is 0 Å². The highest BCUT2D eigenvalue weighted by atomic mass is 35.5. The summed E-state index contributed by atoms with van der Waals surface area (Å²) in [6.45, 7) is 3.53. The summed E-state index contributed by atoms with van der Waals surface area (Å²) in [6.07, 6.45) is 10.3. The minimum atomic E-state index is -0.715. The highest BCUT2D eigenvalue weighted by Crippen LogP contribution is 2.25. The van der Waals surface area contributed by atoms with E-state index in [0.29, 0.717) is 22.4 Å². The van der Waals surface area contributed by atoms with Crippen LogP contribution in [0.4, 0.5) is 5.82 Å². The molecule has 5 heteroatoms. The third kappa shape index (κ3) is 3.43. The molecule has 0 aliphatic heterocycles. The molecule has 1 aromatic heterocycles. The first-order valence-corrected chi connectivity index (χ1v) is 7.01. The van der Waals surface area contributed by atoms with Crippen LogP contribution in [0.3, 0.4) is 0 Å². The van der Waals surface area contributed by atoms with Gasteiger partial charge >= 0.3 is 0 Å². The normalized spacial score (nSPS) is 15.1. The predicted molar refractivity (Wildman–Crippen MR) is 80.9 cm³/mol. The van der Waals surface area contributed by atoms with Crippen molar-refractivity contribution in [2.75, 3.05) is 5.32 Å². The lowest BCUT2D eigenvalue weighted by atomic mass is 9.93. The molecule has 0 atom stereocenters. The van der Waals surface area contributed by atoms with Crippen LogP contribution in [0.2, 0.25) is 5.02 Å². The van der Waals surface area contributed by atoms with Crippen LogP contribution < -0.4 is 10.6 Å². The lowest BCUT2D eigenvalue weighted by Gasteiger charge is -2.28. The number of carbonyl (C=O) groups excluding carboxylic acids is 1. The maximum absolute atomic E-state index is 12.3. The Morgan fingerprint density at radius 1 is 1.55 bits per heavy atom. The molecular weight excluding hydrogens is 274 g/mol. The molecule has 1 amide bonds. The van der Waals surface area contributed by atoms with E-state index < -0.39 is 5.54 Å². The van der Waals surface area contributed by atoms with Crippen molar-refractivity contribution in [3.8, 4) is 12.3 Å². The summed E-state index contributed by atoms with van der Waals surface area (Å²) in [5.41, 5.74) is -0.291. The van der Waals surface area contributed by atoms with E-state index in [2.05, 4.69) is 21.5 Å². The molecule has 1 aliphatic rings. The lowest BCUT2D eigenvalue weighted by molar-refractivity contribution is 0.0930. The fourth-order valence-electron chi connectivity index (χ4n) is 1.86. The Kier molecular flexibility index (Phi) is 4.20. The van der Waals surface area contributed by atoms with Crippen LogP contribution in [-0.4, -0.2) is 22.5 Å². The number of nitrogens with one attached hydrogen (secondary N) is 2. The Morgan fingerprint density at radius 2 is 2.25 bits per heavy atom. The fourth-order valence-corrected chi connectivity index (χ4v) is 2.02. The Balaban J connectivity index is 2.22. The van der Waals surface area contributed by atoms with E-state index in [4.69, 9.17) is 18.0 Å². The van der Waals surface area contributed by atoms with Gasteiger partial charge in [-0.3, -0.25) is 4.79 Å². The summed E-state index contributed by atoms with van der Waals surface area (Å²) in [6, 6.07) is 1.99. The minimum Gasteiger partial charge on any atom is -0.367 e. The first-order chi connectivity index (χ1) is 9.41. The van der Waals surface area contributed by atoms with Crippen molar-refractivity contribution >= 4 is 23.3 Å². The number of aromatic nitrogens is 1. The Hall–Kier alpha value is -1.73. The summed E-state index contributed by atoms with van der Waals surface area (Å²) in [7, 11) is 0. The number of terminal acetylenes is 1. The van der Waals surface area contributed by atoms with Gasteiger partial charge in [-0.15, -0.1) is 6.42 Å². The monoisotopic (exact) mass is 291 g/mol. The minimum absolute atomic E-state index is 0.273. The van der Waals surface area contributed by atoms with E-state index in [1.54, 1.807) is 19.9 Å². The van der Waals surface area contributed by atoms with Crippen LogP contribution >= 0.6 is 11.6 Å². The Bertz CT molecular complexity index is 559. The highest BCUT2D eigenvalue weighted by molar-refractivity contribution is 6.31. The van der Waals surface area contributed by atoms with E-state index in [0.717, 1.165) is 12.8 Å². The Morgan fingerprint density at radius 3 is 2.80 bits per heavy atom. The third-order valence-corrected chi connectivity index (χ3v) is 3.54. The van der Waals surface area contributed by atoms with Crippen molar-refractivity contribution in [1.82, 2.24) is 10.3 Å². The standard InChI is InChI=1S/C15H18ClN3O/c1-4-15(2,3)19-14(20)12-8-10(16)9-17-13(12)18-11-6-5-7-11/h1,8-9,11H,5-7H2,2-3H3,(H,17,18)(H,19,20). The van der Waals surface area contributed by atoms with Gasteiger partial charge in [0, 0.05) is 12.2 Å². The third-order valence-electron chi connectivity index (χ3n) is 3.33. The van der Waals surface area contributed by atoms with Gasteiger partial charge in [0.25, 0.3) is 5.91 Å². The lowest BCUT2D eigenvalue weighted by Crippen LogP contribution is -2.42. The molecule has 1 saturated carbocycles. The summed E-state index contributed by atoms with van der Waals surface area (Å²) in [4.78, 5) is 16.6. The molecule has 1 heterocycles. The molecule has 4 nitrogen and oxygen atoms in total. The van der Waals surface area contributed by atoms with Gasteiger partial charge in [0.15, 0.2) is 0 Å². The zero-order valence-corrected chi connectivity index (χ0v) is 12.4. The van der Waals surface area contributed by atoms with Crippen LogP contribution in [0.1, 0.15) is 43.5 Å². The second-order valence-electron chi connectivity index (χ2n) is 5.55. The largest absolute Gasteiger partial charge is 0.367 e. The van der Waals surface area contributed by atoms with E-state index in [9.17, 15) is 4.79 Å². The fraction of sp³-hybridized carbons (Fsp3) is 0.467. The number of pyridine rings is 1. The van der Waals surface area contributed by atoms with Gasteiger partial charge in [0.1, 0.15) is 5.82 Å². The van der Waals surface area contributed by atoms with E-state index in [-0.39, 0.29) is 5.91 Å². The van der Waals surface area contributed by atoms with Gasteiger partial charge in [0.05, 0.1) is 16.1 Å². The quantitative estimate of drug-likeness (QED) is 0.839. The average molecular weight is 292 g/mol. The number of hydrogen-bond acceptors (Lipinski definition) is 3. The first-order valence-electron chi connectivity index (χ1n) is 6.63. The molecule has 1 fully saturated rings. The molecule has 0 radical (unpaired) electrons. The molecule has 0 unspecified atom stereocenters. The zero-order valence-electron chi connectivity index (χ0n) is 11.7. The molecular formula is C15H18ClN3O. The molecule has 0 saturated heterocycles. The summed E-state index contributed by atoms with van der Waals surface area (Å²) in [5.74, 6) is 2.82. The van der Waals surface area contributed by atoms with Crippen molar-refractivity contribution in [2.45, 2.75) is 44.7 Å². The van der Waals surface area contributed by atoms with Crippen LogP contribution in [0.25, 0.3) is 0 Å². The molecule has 0 spiro atoms. The number of anilines is 1. The van der Waals surface area contributed by atoms with Crippen LogP contribution in [-0.2, 0) is 0 Å². The van der Waals surface area contributed by atoms with Crippen molar-refractivity contribution in [1.29, 1.82) is 0 Å². The summed E-state index contributed by atoms with van der Waals surface area (Å²) >= 11 is 5.94. The van der Waals surface area contributed by atoms with E-state index in [1.807, 2.05) is 0 Å². The second kappa shape index (κ2) is 5.72. The van der Waals surface area contributed by atoms with E-state index in [1.165, 1.54) is 12.6 Å². The number of hydrogen-bond donors (Lipinski definition) is 2. The predicted octanol–water partition coefficient (Wildman–Crippen LogP) is 2.84. The highest BCUT2D eigenvalue weighted by Gasteiger charge is 2.24. The van der Waals surface area contributed by atoms with Gasteiger partial charge < -0.3 is 10.6 Å². The van der Waals surface area contributed by atoms with Crippen molar-refractivity contribution < 1.29 is 4.79 Å².